The minimum atomic E-state index is -0.295. The van der Waals surface area contributed by atoms with Crippen molar-refractivity contribution in [3.8, 4) is 0 Å². The van der Waals surface area contributed by atoms with Crippen LogP contribution in [-0.4, -0.2) is 31.1 Å². The first-order chi connectivity index (χ1) is 13.9. The maximum Gasteiger partial charge on any atom is 0.240 e. The maximum atomic E-state index is 12.1. The third-order valence-corrected chi connectivity index (χ3v) is 4.66. The lowest BCUT2D eigenvalue weighted by molar-refractivity contribution is -0.124. The van der Waals surface area contributed by atoms with Crippen LogP contribution in [-0.2, 0) is 9.59 Å². The first-order valence-corrected chi connectivity index (χ1v) is 9.97. The second-order valence-electron chi connectivity index (χ2n) is 6.92. The molecular weight excluding hydrogens is 364 g/mol. The van der Waals surface area contributed by atoms with Crippen molar-refractivity contribution in [1.82, 2.24) is 5.43 Å². The fourth-order valence-corrected chi connectivity index (χ4v) is 2.99. The zero-order chi connectivity index (χ0) is 21.2. The number of nitrogens with one attached hydrogen (secondary N) is 2. The summed E-state index contributed by atoms with van der Waals surface area (Å²) >= 11 is 0. The highest BCUT2D eigenvalue weighted by atomic mass is 16.2. The third kappa shape index (κ3) is 7.07. The van der Waals surface area contributed by atoms with Gasteiger partial charge in [-0.05, 0) is 57.0 Å². The molecule has 0 spiro atoms. The Hall–Kier alpha value is -3.15. The van der Waals surface area contributed by atoms with E-state index in [1.165, 1.54) is 0 Å². The molecule has 0 saturated heterocycles. The van der Waals surface area contributed by atoms with Gasteiger partial charge in [-0.15, -0.1) is 0 Å². The molecule has 0 heterocycles. The van der Waals surface area contributed by atoms with Crippen molar-refractivity contribution in [1.29, 1.82) is 0 Å². The molecule has 6 heteroatoms. The Morgan fingerprint density at radius 1 is 0.966 bits per heavy atom. The molecule has 0 radical (unpaired) electrons. The number of carbonyl (C=O) groups is 2. The molecule has 29 heavy (non-hydrogen) atoms. The first kappa shape index (κ1) is 22.1. The molecule has 0 aromatic heterocycles. The van der Waals surface area contributed by atoms with Crippen LogP contribution >= 0.6 is 0 Å². The average Bonchev–Trinajstić information content (AvgIpc) is 2.70. The van der Waals surface area contributed by atoms with Gasteiger partial charge in [-0.1, -0.05) is 29.8 Å². The summed E-state index contributed by atoms with van der Waals surface area (Å²) < 4.78 is 0. The number of rotatable bonds is 9. The van der Waals surface area contributed by atoms with E-state index in [1.807, 2.05) is 56.3 Å². The molecule has 0 atom stereocenters. The van der Waals surface area contributed by atoms with Gasteiger partial charge >= 0.3 is 0 Å². The lowest BCUT2D eigenvalue weighted by Gasteiger charge is -2.20. The predicted octanol–water partition coefficient (Wildman–Crippen LogP) is 4.02. The van der Waals surface area contributed by atoms with Crippen LogP contribution in [0.3, 0.4) is 0 Å². The van der Waals surface area contributed by atoms with Gasteiger partial charge in [-0.3, -0.25) is 9.59 Å². The van der Waals surface area contributed by atoms with Gasteiger partial charge in [0.05, 0.1) is 6.21 Å². The standard InChI is InChI=1S/C23H30N4O2/c1-5-27(6-2)20-10-8-19(9-11-20)16-24-26-23(29)14-13-22(28)25-21-12-7-17(3)15-18(21)4/h7-12,15-16H,5-6,13-14H2,1-4H3,(H,25,28)(H,26,29). The minimum absolute atomic E-state index is 0.0784. The molecule has 2 N–H and O–H groups in total. The quantitative estimate of drug-likeness (QED) is 0.498. The van der Waals surface area contributed by atoms with E-state index in [-0.39, 0.29) is 24.7 Å². The van der Waals surface area contributed by atoms with E-state index in [9.17, 15) is 9.59 Å². The van der Waals surface area contributed by atoms with Crippen LogP contribution < -0.4 is 15.6 Å². The summed E-state index contributed by atoms with van der Waals surface area (Å²) in [6, 6.07) is 13.8. The average molecular weight is 395 g/mol. The van der Waals surface area contributed by atoms with E-state index in [1.54, 1.807) is 6.21 Å². The highest BCUT2D eigenvalue weighted by Crippen LogP contribution is 2.16. The Kier molecular flexibility index (Phi) is 8.40. The van der Waals surface area contributed by atoms with E-state index in [4.69, 9.17) is 0 Å². The number of amides is 2. The van der Waals surface area contributed by atoms with Crippen molar-refractivity contribution < 1.29 is 9.59 Å². The number of nitrogens with zero attached hydrogens (tertiary/aromatic N) is 2. The van der Waals surface area contributed by atoms with Crippen molar-refractivity contribution in [2.75, 3.05) is 23.3 Å². The fraction of sp³-hybridized carbons (Fsp3) is 0.348. The smallest absolute Gasteiger partial charge is 0.240 e. The topological polar surface area (TPSA) is 73.8 Å². The van der Waals surface area contributed by atoms with E-state index < -0.39 is 0 Å². The molecule has 0 aliphatic heterocycles. The summed E-state index contributed by atoms with van der Waals surface area (Å²) in [5.74, 6) is -0.486. The molecule has 0 fully saturated rings. The highest BCUT2D eigenvalue weighted by Gasteiger charge is 2.08. The van der Waals surface area contributed by atoms with Gasteiger partial charge in [0.1, 0.15) is 0 Å². The fourth-order valence-electron chi connectivity index (χ4n) is 2.99. The number of hydrogen-bond acceptors (Lipinski definition) is 4. The summed E-state index contributed by atoms with van der Waals surface area (Å²) in [5, 5.41) is 6.81. The van der Waals surface area contributed by atoms with Crippen LogP contribution in [0.2, 0.25) is 0 Å². The summed E-state index contributed by atoms with van der Waals surface area (Å²) in [6.07, 6.45) is 1.78. The van der Waals surface area contributed by atoms with Gasteiger partial charge in [-0.2, -0.15) is 5.10 Å². The number of benzene rings is 2. The number of hydrogen-bond donors (Lipinski definition) is 2. The van der Waals surface area contributed by atoms with Crippen LogP contribution in [0.1, 0.15) is 43.4 Å². The summed E-state index contributed by atoms with van der Waals surface area (Å²) in [5.41, 5.74) is 7.43. The van der Waals surface area contributed by atoms with Crippen molar-refractivity contribution in [3.63, 3.8) is 0 Å². The van der Waals surface area contributed by atoms with Crippen molar-refractivity contribution in [2.24, 2.45) is 5.10 Å². The largest absolute Gasteiger partial charge is 0.372 e. The molecule has 154 valence electrons. The van der Waals surface area contributed by atoms with Crippen LogP contribution in [0.15, 0.2) is 47.6 Å². The summed E-state index contributed by atoms with van der Waals surface area (Å²) in [4.78, 5) is 26.2. The van der Waals surface area contributed by atoms with E-state index >= 15 is 0 Å². The van der Waals surface area contributed by atoms with Crippen LogP contribution in [0.5, 0.6) is 0 Å². The number of anilines is 2. The van der Waals surface area contributed by atoms with E-state index in [0.717, 1.165) is 41.2 Å². The van der Waals surface area contributed by atoms with Gasteiger partial charge in [0.15, 0.2) is 0 Å². The zero-order valence-electron chi connectivity index (χ0n) is 17.7. The van der Waals surface area contributed by atoms with Crippen molar-refractivity contribution in [2.45, 2.75) is 40.5 Å². The molecule has 0 aliphatic carbocycles. The van der Waals surface area contributed by atoms with Gasteiger partial charge < -0.3 is 10.2 Å². The normalized spacial score (nSPS) is 10.8. The Labute approximate surface area is 173 Å². The lowest BCUT2D eigenvalue weighted by atomic mass is 10.1. The Morgan fingerprint density at radius 2 is 1.62 bits per heavy atom. The predicted molar refractivity (Wildman–Crippen MR) is 120 cm³/mol. The van der Waals surface area contributed by atoms with E-state index in [0.29, 0.717) is 0 Å². The van der Waals surface area contributed by atoms with Gasteiger partial charge in [0.2, 0.25) is 11.8 Å². The highest BCUT2D eigenvalue weighted by molar-refractivity contribution is 5.94. The Morgan fingerprint density at radius 3 is 2.24 bits per heavy atom. The molecular formula is C23H30N4O2. The molecule has 0 bridgehead atoms. The monoisotopic (exact) mass is 394 g/mol. The Bertz CT molecular complexity index is 856. The molecule has 2 aromatic rings. The number of carbonyl (C=O) groups excluding carboxylic acids is 2. The number of aryl methyl sites for hydroxylation is 2. The van der Waals surface area contributed by atoms with Gasteiger partial charge in [-0.25, -0.2) is 5.43 Å². The maximum absolute atomic E-state index is 12.1. The van der Waals surface area contributed by atoms with Crippen LogP contribution in [0, 0.1) is 13.8 Å². The van der Waals surface area contributed by atoms with Crippen molar-refractivity contribution in [3.05, 3.63) is 59.2 Å². The van der Waals surface area contributed by atoms with Crippen LogP contribution in [0.25, 0.3) is 0 Å². The molecule has 6 nitrogen and oxygen atoms in total. The second-order valence-corrected chi connectivity index (χ2v) is 6.92. The lowest BCUT2D eigenvalue weighted by Crippen LogP contribution is -2.21. The molecule has 2 rings (SSSR count). The van der Waals surface area contributed by atoms with E-state index in [2.05, 4.69) is 34.6 Å². The molecule has 2 aromatic carbocycles. The molecule has 0 unspecified atom stereocenters. The molecule has 2 amide bonds. The molecule has 0 saturated carbocycles. The SMILES string of the molecule is CCN(CC)c1ccc(C=NNC(=O)CCC(=O)Nc2ccc(C)cc2C)cc1. The Balaban J connectivity index is 1.77. The van der Waals surface area contributed by atoms with Gasteiger partial charge in [0, 0.05) is 37.3 Å². The third-order valence-electron chi connectivity index (χ3n) is 4.66. The number of hydrazone groups is 1. The zero-order valence-corrected chi connectivity index (χ0v) is 17.7. The van der Waals surface area contributed by atoms with Gasteiger partial charge in [0.25, 0.3) is 0 Å². The van der Waals surface area contributed by atoms with Crippen molar-refractivity contribution >= 4 is 29.4 Å². The minimum Gasteiger partial charge on any atom is -0.372 e. The summed E-state index contributed by atoms with van der Waals surface area (Å²) in [7, 11) is 0. The molecule has 0 aliphatic rings. The summed E-state index contributed by atoms with van der Waals surface area (Å²) in [6.45, 7) is 10.1. The first-order valence-electron chi connectivity index (χ1n) is 9.97. The van der Waals surface area contributed by atoms with Crippen LogP contribution in [0.4, 0.5) is 11.4 Å². The second kappa shape index (κ2) is 11.0.